The highest BCUT2D eigenvalue weighted by Crippen LogP contribution is 2.11. The molecule has 0 saturated heterocycles. The molecule has 0 aromatic heterocycles. The largest absolute Gasteiger partial charge is 0.389 e. The van der Waals surface area contributed by atoms with Gasteiger partial charge in [0.15, 0.2) is 6.17 Å². The van der Waals surface area contributed by atoms with Gasteiger partial charge in [0.05, 0.1) is 6.10 Å². The van der Waals surface area contributed by atoms with Gasteiger partial charge in [-0.25, -0.2) is 9.18 Å². The molecule has 86 valence electrons. The highest BCUT2D eigenvalue weighted by molar-refractivity contribution is 6.37. The number of hydrogen-bond donors (Lipinski definition) is 1. The van der Waals surface area contributed by atoms with Crippen LogP contribution in [0.15, 0.2) is 0 Å². The zero-order valence-corrected chi connectivity index (χ0v) is 8.69. The SMILES string of the molecule is CC(=O)OC(=O)C(=O)[C@H](F)[C@H](O)C(C)C. The Balaban J connectivity index is 4.44. The standard InChI is InChI=1S/C9H13FO5/c1-4(2)7(12)6(10)8(13)9(14)15-5(3)11/h4,6-7,12H,1-3H3/t6-,7-/m1/s1. The predicted octanol–water partition coefficient (Wildman–Crippen LogP) is 0.000200. The lowest BCUT2D eigenvalue weighted by Crippen LogP contribution is -2.39. The van der Waals surface area contributed by atoms with Crippen molar-refractivity contribution < 1.29 is 28.6 Å². The van der Waals surface area contributed by atoms with Gasteiger partial charge in [0.1, 0.15) is 0 Å². The lowest BCUT2D eigenvalue weighted by Gasteiger charge is -2.16. The van der Waals surface area contributed by atoms with Crippen molar-refractivity contribution in [2.45, 2.75) is 33.0 Å². The summed E-state index contributed by atoms with van der Waals surface area (Å²) in [5.74, 6) is -4.66. The first-order valence-electron chi connectivity index (χ1n) is 4.36. The van der Waals surface area contributed by atoms with Crippen LogP contribution in [0.1, 0.15) is 20.8 Å². The second-order valence-corrected chi connectivity index (χ2v) is 3.38. The number of halogens is 1. The molecular formula is C9H13FO5. The molecule has 0 aliphatic rings. The first-order valence-corrected chi connectivity index (χ1v) is 4.36. The highest BCUT2D eigenvalue weighted by Gasteiger charge is 2.34. The van der Waals surface area contributed by atoms with E-state index in [2.05, 4.69) is 4.74 Å². The van der Waals surface area contributed by atoms with Gasteiger partial charge in [-0.3, -0.25) is 9.59 Å². The maximum absolute atomic E-state index is 13.1. The number of ether oxygens (including phenoxy) is 1. The van der Waals surface area contributed by atoms with Gasteiger partial charge in [-0.05, 0) is 5.92 Å². The first kappa shape index (κ1) is 13.7. The number of Topliss-reactive ketones (excluding diaryl/α,β-unsaturated/α-hetero) is 1. The van der Waals surface area contributed by atoms with Crippen LogP contribution in [0.25, 0.3) is 0 Å². The second-order valence-electron chi connectivity index (χ2n) is 3.38. The fourth-order valence-electron chi connectivity index (χ4n) is 0.786. The highest BCUT2D eigenvalue weighted by atomic mass is 19.1. The molecule has 5 nitrogen and oxygen atoms in total. The molecule has 1 N–H and O–H groups in total. The molecule has 15 heavy (non-hydrogen) atoms. The topological polar surface area (TPSA) is 80.7 Å². The van der Waals surface area contributed by atoms with Crippen molar-refractivity contribution >= 4 is 17.7 Å². The summed E-state index contributed by atoms with van der Waals surface area (Å²) >= 11 is 0. The number of rotatable bonds is 4. The molecule has 2 atom stereocenters. The molecule has 0 aromatic carbocycles. The average molecular weight is 220 g/mol. The molecule has 0 unspecified atom stereocenters. The van der Waals surface area contributed by atoms with Crippen molar-refractivity contribution in [3.8, 4) is 0 Å². The van der Waals surface area contributed by atoms with E-state index in [1.54, 1.807) is 0 Å². The summed E-state index contributed by atoms with van der Waals surface area (Å²) in [4.78, 5) is 32.0. The molecule has 0 amide bonds. The Labute approximate surface area is 86.2 Å². The Morgan fingerprint density at radius 2 is 1.73 bits per heavy atom. The normalized spacial score (nSPS) is 14.5. The fourth-order valence-corrected chi connectivity index (χ4v) is 0.786. The fraction of sp³-hybridized carbons (Fsp3) is 0.667. The van der Waals surface area contributed by atoms with Crippen molar-refractivity contribution in [1.82, 2.24) is 0 Å². The number of aliphatic hydroxyl groups is 1. The number of ketones is 1. The van der Waals surface area contributed by atoms with Gasteiger partial charge in [0.25, 0.3) is 5.78 Å². The van der Waals surface area contributed by atoms with Crippen molar-refractivity contribution in [3.63, 3.8) is 0 Å². The quantitative estimate of drug-likeness (QED) is 0.409. The van der Waals surface area contributed by atoms with Gasteiger partial charge in [0, 0.05) is 6.92 Å². The summed E-state index contributed by atoms with van der Waals surface area (Å²) in [6, 6.07) is 0. The first-order chi connectivity index (χ1) is 6.77. The molecule has 6 heteroatoms. The Bertz CT molecular complexity index is 274. The summed E-state index contributed by atoms with van der Waals surface area (Å²) < 4.78 is 17.0. The summed E-state index contributed by atoms with van der Waals surface area (Å²) in [5, 5.41) is 9.16. The summed E-state index contributed by atoms with van der Waals surface area (Å²) in [5.41, 5.74) is 0. The molecule has 0 aliphatic heterocycles. The number of aliphatic hydroxyl groups excluding tert-OH is 1. The van der Waals surface area contributed by atoms with Crippen molar-refractivity contribution in [1.29, 1.82) is 0 Å². The Kier molecular flexibility index (Phi) is 5.07. The molecule has 0 bridgehead atoms. The maximum Gasteiger partial charge on any atom is 0.385 e. The lowest BCUT2D eigenvalue weighted by atomic mass is 10.0. The number of carbonyl (C=O) groups excluding carboxylic acids is 3. The van der Waals surface area contributed by atoms with Gasteiger partial charge in [-0.2, -0.15) is 0 Å². The summed E-state index contributed by atoms with van der Waals surface area (Å²) in [7, 11) is 0. The molecule has 0 heterocycles. The van der Waals surface area contributed by atoms with E-state index in [9.17, 15) is 18.8 Å². The summed E-state index contributed by atoms with van der Waals surface area (Å²) in [6.45, 7) is 3.89. The molecule has 0 rings (SSSR count). The minimum atomic E-state index is -2.36. The van der Waals surface area contributed by atoms with E-state index in [0.717, 1.165) is 6.92 Å². The van der Waals surface area contributed by atoms with E-state index in [1.807, 2.05) is 0 Å². The van der Waals surface area contributed by atoms with E-state index >= 15 is 0 Å². The van der Waals surface area contributed by atoms with Crippen LogP contribution < -0.4 is 0 Å². The smallest absolute Gasteiger partial charge is 0.385 e. The van der Waals surface area contributed by atoms with Crippen molar-refractivity contribution in [3.05, 3.63) is 0 Å². The number of alkyl halides is 1. The van der Waals surface area contributed by atoms with Crippen LogP contribution in [0.3, 0.4) is 0 Å². The summed E-state index contributed by atoms with van der Waals surface area (Å²) in [6.07, 6.45) is -3.95. The van der Waals surface area contributed by atoms with Crippen LogP contribution >= 0.6 is 0 Å². The van der Waals surface area contributed by atoms with Crippen LogP contribution in [-0.2, 0) is 19.1 Å². The van der Waals surface area contributed by atoms with Crippen LogP contribution in [0, 0.1) is 5.92 Å². The Morgan fingerprint density at radius 1 is 1.27 bits per heavy atom. The van der Waals surface area contributed by atoms with Crippen molar-refractivity contribution in [2.24, 2.45) is 5.92 Å². The molecule has 0 radical (unpaired) electrons. The Morgan fingerprint density at radius 3 is 2.07 bits per heavy atom. The monoisotopic (exact) mass is 220 g/mol. The van der Waals surface area contributed by atoms with Crippen LogP contribution in [0.2, 0.25) is 0 Å². The van der Waals surface area contributed by atoms with Crippen LogP contribution in [0.4, 0.5) is 4.39 Å². The zero-order chi connectivity index (χ0) is 12.2. The van der Waals surface area contributed by atoms with Gasteiger partial charge >= 0.3 is 11.9 Å². The molecular weight excluding hydrogens is 207 g/mol. The number of carbonyl (C=O) groups is 3. The lowest BCUT2D eigenvalue weighted by molar-refractivity contribution is -0.165. The third-order valence-corrected chi connectivity index (χ3v) is 1.67. The Hall–Kier alpha value is -1.30. The van der Waals surface area contributed by atoms with Crippen LogP contribution in [0.5, 0.6) is 0 Å². The maximum atomic E-state index is 13.1. The molecule has 0 aromatic rings. The molecule has 0 fully saturated rings. The van der Waals surface area contributed by atoms with Gasteiger partial charge in [-0.15, -0.1) is 0 Å². The zero-order valence-electron chi connectivity index (χ0n) is 8.69. The van der Waals surface area contributed by atoms with E-state index in [-0.39, 0.29) is 0 Å². The van der Waals surface area contributed by atoms with E-state index in [0.29, 0.717) is 0 Å². The van der Waals surface area contributed by atoms with E-state index < -0.39 is 35.9 Å². The second kappa shape index (κ2) is 5.55. The number of esters is 2. The van der Waals surface area contributed by atoms with Gasteiger partial charge in [0.2, 0.25) is 0 Å². The third-order valence-electron chi connectivity index (χ3n) is 1.67. The molecule has 0 saturated carbocycles. The average Bonchev–Trinajstić information content (AvgIpc) is 2.13. The predicted molar refractivity (Wildman–Crippen MR) is 47.5 cm³/mol. The van der Waals surface area contributed by atoms with Gasteiger partial charge < -0.3 is 9.84 Å². The molecule has 0 aliphatic carbocycles. The minimum absolute atomic E-state index is 0.519. The molecule has 0 spiro atoms. The van der Waals surface area contributed by atoms with Crippen LogP contribution in [-0.4, -0.2) is 35.1 Å². The number of hydrogen-bond acceptors (Lipinski definition) is 5. The van der Waals surface area contributed by atoms with Crippen molar-refractivity contribution in [2.75, 3.05) is 0 Å². The third kappa shape index (κ3) is 4.16. The van der Waals surface area contributed by atoms with E-state index in [4.69, 9.17) is 5.11 Å². The van der Waals surface area contributed by atoms with E-state index in [1.165, 1.54) is 13.8 Å². The minimum Gasteiger partial charge on any atom is -0.389 e. The van der Waals surface area contributed by atoms with Gasteiger partial charge in [-0.1, -0.05) is 13.8 Å².